The van der Waals surface area contributed by atoms with Crippen molar-refractivity contribution in [3.63, 3.8) is 0 Å². The van der Waals surface area contributed by atoms with Gasteiger partial charge in [0.2, 0.25) is 0 Å². The minimum absolute atomic E-state index is 0.433. The van der Waals surface area contributed by atoms with E-state index in [0.29, 0.717) is 16.5 Å². The maximum Gasteiger partial charge on any atom is 0.169 e. The summed E-state index contributed by atoms with van der Waals surface area (Å²) in [6.07, 6.45) is 0. The lowest BCUT2D eigenvalue weighted by atomic mass is 10.3. The zero-order chi connectivity index (χ0) is 10.7. The van der Waals surface area contributed by atoms with Crippen LogP contribution < -0.4 is 5.32 Å². The van der Waals surface area contributed by atoms with E-state index in [1.54, 1.807) is 0 Å². The van der Waals surface area contributed by atoms with Crippen LogP contribution in [0.4, 0.5) is 0 Å². The van der Waals surface area contributed by atoms with Gasteiger partial charge < -0.3 is 10.2 Å². The van der Waals surface area contributed by atoms with Crippen LogP contribution in [0.2, 0.25) is 0 Å². The van der Waals surface area contributed by atoms with Crippen molar-refractivity contribution >= 4 is 29.1 Å². The van der Waals surface area contributed by atoms with Crippen LogP contribution in [0.5, 0.6) is 0 Å². The Bertz CT molecular complexity index is 196. The molecule has 1 rings (SSSR count). The van der Waals surface area contributed by atoms with Crippen molar-refractivity contribution in [3.8, 4) is 0 Å². The Kier molecular flexibility index (Phi) is 4.51. The van der Waals surface area contributed by atoms with E-state index in [-0.39, 0.29) is 0 Å². The first-order chi connectivity index (χ1) is 6.49. The Balaban J connectivity index is 2.46. The molecule has 0 spiro atoms. The Labute approximate surface area is 96.8 Å². The Morgan fingerprint density at radius 1 is 1.36 bits per heavy atom. The molecule has 4 heteroatoms. The van der Waals surface area contributed by atoms with Crippen LogP contribution in [0.25, 0.3) is 0 Å². The fraction of sp³-hybridized carbons (Fsp3) is 0.900. The van der Waals surface area contributed by atoms with Crippen molar-refractivity contribution in [2.75, 3.05) is 13.1 Å². The topological polar surface area (TPSA) is 15.3 Å². The van der Waals surface area contributed by atoms with E-state index in [1.807, 2.05) is 0 Å². The van der Waals surface area contributed by atoms with Gasteiger partial charge in [-0.25, -0.2) is 0 Å². The second-order valence-corrected chi connectivity index (χ2v) is 6.53. The highest BCUT2D eigenvalue weighted by Crippen LogP contribution is 2.24. The summed E-state index contributed by atoms with van der Waals surface area (Å²) in [5, 5.41) is 5.59. The van der Waals surface area contributed by atoms with Gasteiger partial charge in [0.1, 0.15) is 0 Å². The third-order valence-electron chi connectivity index (χ3n) is 2.12. The minimum atomic E-state index is 0.433. The third kappa shape index (κ3) is 3.65. The van der Waals surface area contributed by atoms with Crippen molar-refractivity contribution in [2.24, 2.45) is 0 Å². The van der Waals surface area contributed by atoms with Gasteiger partial charge in [0.25, 0.3) is 0 Å². The van der Waals surface area contributed by atoms with Crippen LogP contribution in [-0.2, 0) is 0 Å². The largest absolute Gasteiger partial charge is 0.360 e. The van der Waals surface area contributed by atoms with E-state index < -0.39 is 0 Å². The molecular weight excluding hydrogens is 212 g/mol. The molecule has 1 aliphatic heterocycles. The average Bonchev–Trinajstić information content (AvgIpc) is 2.00. The van der Waals surface area contributed by atoms with Crippen LogP contribution in [0.15, 0.2) is 0 Å². The molecule has 0 aliphatic carbocycles. The molecule has 2 atom stereocenters. The molecular formula is C10H20N2S2. The fourth-order valence-corrected chi connectivity index (χ4v) is 3.39. The van der Waals surface area contributed by atoms with Crippen LogP contribution in [0.3, 0.4) is 0 Å². The average molecular weight is 232 g/mol. The summed E-state index contributed by atoms with van der Waals surface area (Å²) in [6, 6.07) is 0.433. The molecule has 1 aliphatic rings. The van der Waals surface area contributed by atoms with E-state index in [9.17, 15) is 0 Å². The first kappa shape index (κ1) is 12.1. The monoisotopic (exact) mass is 232 g/mol. The maximum absolute atomic E-state index is 5.36. The molecule has 0 aromatic rings. The van der Waals surface area contributed by atoms with E-state index in [4.69, 9.17) is 12.2 Å². The SMILES string of the molecule is CC(C)NC(=S)N1CC(C)SC(C)C1. The summed E-state index contributed by atoms with van der Waals surface area (Å²) in [5.74, 6) is 0. The molecule has 0 aromatic heterocycles. The molecule has 1 heterocycles. The van der Waals surface area contributed by atoms with Gasteiger partial charge in [0.05, 0.1) is 0 Å². The van der Waals surface area contributed by atoms with Crippen LogP contribution in [0, 0.1) is 0 Å². The standard InChI is InChI=1S/C10H20N2S2/c1-7(2)11-10(13)12-5-8(3)14-9(4)6-12/h7-9H,5-6H2,1-4H3,(H,11,13). The fourth-order valence-electron chi connectivity index (χ4n) is 1.68. The normalized spacial score (nSPS) is 27.9. The Hall–Kier alpha value is 0.0400. The summed E-state index contributed by atoms with van der Waals surface area (Å²) in [4.78, 5) is 2.29. The smallest absolute Gasteiger partial charge is 0.169 e. The second kappa shape index (κ2) is 5.21. The van der Waals surface area contributed by atoms with Crippen LogP contribution >= 0.6 is 24.0 Å². The van der Waals surface area contributed by atoms with Crippen molar-refractivity contribution in [2.45, 2.75) is 44.2 Å². The van der Waals surface area contributed by atoms with Crippen molar-refractivity contribution in [3.05, 3.63) is 0 Å². The summed E-state index contributed by atoms with van der Waals surface area (Å²) >= 11 is 7.41. The van der Waals surface area contributed by atoms with Crippen molar-refractivity contribution < 1.29 is 0 Å². The van der Waals surface area contributed by atoms with Gasteiger partial charge >= 0.3 is 0 Å². The van der Waals surface area contributed by atoms with Crippen molar-refractivity contribution in [1.82, 2.24) is 10.2 Å². The van der Waals surface area contributed by atoms with Gasteiger partial charge in [-0.1, -0.05) is 13.8 Å². The lowest BCUT2D eigenvalue weighted by Gasteiger charge is -2.36. The highest BCUT2D eigenvalue weighted by molar-refractivity contribution is 8.00. The molecule has 2 nitrogen and oxygen atoms in total. The summed E-state index contributed by atoms with van der Waals surface area (Å²) in [6.45, 7) is 10.9. The van der Waals surface area contributed by atoms with Gasteiger partial charge in [-0.2, -0.15) is 11.8 Å². The summed E-state index contributed by atoms with van der Waals surface area (Å²) < 4.78 is 0. The first-order valence-corrected chi connectivity index (χ1v) is 6.55. The van der Waals surface area contributed by atoms with Crippen LogP contribution in [0.1, 0.15) is 27.7 Å². The lowest BCUT2D eigenvalue weighted by molar-refractivity contribution is 0.399. The lowest BCUT2D eigenvalue weighted by Crippen LogP contribution is -2.49. The van der Waals surface area contributed by atoms with Gasteiger partial charge in [0.15, 0.2) is 5.11 Å². The molecule has 14 heavy (non-hydrogen) atoms. The number of rotatable bonds is 1. The van der Waals surface area contributed by atoms with Gasteiger partial charge in [-0.05, 0) is 26.1 Å². The molecule has 82 valence electrons. The van der Waals surface area contributed by atoms with Gasteiger partial charge in [-0.3, -0.25) is 0 Å². The molecule has 0 bridgehead atoms. The van der Waals surface area contributed by atoms with Crippen molar-refractivity contribution in [1.29, 1.82) is 0 Å². The summed E-state index contributed by atoms with van der Waals surface area (Å²) in [5.41, 5.74) is 0. The molecule has 2 unspecified atom stereocenters. The highest BCUT2D eigenvalue weighted by Gasteiger charge is 2.23. The number of hydrogen-bond donors (Lipinski definition) is 1. The quantitative estimate of drug-likeness (QED) is 0.696. The second-order valence-electron chi connectivity index (χ2n) is 4.27. The summed E-state index contributed by atoms with van der Waals surface area (Å²) in [7, 11) is 0. The first-order valence-electron chi connectivity index (χ1n) is 5.20. The molecule has 0 radical (unpaired) electrons. The minimum Gasteiger partial charge on any atom is -0.360 e. The number of nitrogens with one attached hydrogen (secondary N) is 1. The predicted molar refractivity (Wildman–Crippen MR) is 69.0 cm³/mol. The zero-order valence-electron chi connectivity index (χ0n) is 9.41. The molecule has 1 saturated heterocycles. The van der Waals surface area contributed by atoms with Gasteiger partial charge in [-0.15, -0.1) is 0 Å². The number of nitrogens with zero attached hydrogens (tertiary/aromatic N) is 1. The third-order valence-corrected chi connectivity index (χ3v) is 3.72. The molecule has 1 N–H and O–H groups in total. The molecule has 0 aromatic carbocycles. The molecule has 0 saturated carbocycles. The molecule has 1 fully saturated rings. The highest BCUT2D eigenvalue weighted by atomic mass is 32.2. The van der Waals surface area contributed by atoms with E-state index in [1.165, 1.54) is 0 Å². The number of hydrogen-bond acceptors (Lipinski definition) is 2. The van der Waals surface area contributed by atoms with Crippen LogP contribution in [-0.4, -0.2) is 39.6 Å². The maximum atomic E-state index is 5.36. The van der Waals surface area contributed by atoms with E-state index in [0.717, 1.165) is 18.2 Å². The predicted octanol–water partition coefficient (Wildman–Crippen LogP) is 2.10. The Morgan fingerprint density at radius 3 is 2.29 bits per heavy atom. The Morgan fingerprint density at radius 2 is 1.86 bits per heavy atom. The molecule has 0 amide bonds. The number of thiocarbonyl (C=S) groups is 1. The zero-order valence-corrected chi connectivity index (χ0v) is 11.0. The van der Waals surface area contributed by atoms with E-state index >= 15 is 0 Å². The number of thioether (sulfide) groups is 1. The van der Waals surface area contributed by atoms with Gasteiger partial charge in [0, 0.05) is 29.6 Å². The van der Waals surface area contributed by atoms with E-state index in [2.05, 4.69) is 49.7 Å².